The minimum atomic E-state index is 0.554. The molecular weight excluding hydrogens is 244 g/mol. The molecule has 2 heterocycles. The van der Waals surface area contributed by atoms with Gasteiger partial charge in [0.05, 0.1) is 16.7 Å². The van der Waals surface area contributed by atoms with Crippen LogP contribution in [0.25, 0.3) is 28.0 Å². The molecule has 0 radical (unpaired) electrons. The molecule has 0 bridgehead atoms. The fraction of sp³-hybridized carbons (Fsp3) is 0.278. The molecule has 0 saturated carbocycles. The second kappa shape index (κ2) is 3.95. The monoisotopic (exact) mass is 262 g/mol. The van der Waals surface area contributed by atoms with Crippen molar-refractivity contribution in [2.24, 2.45) is 0 Å². The van der Waals surface area contributed by atoms with Gasteiger partial charge in [-0.05, 0) is 49.5 Å². The van der Waals surface area contributed by atoms with Gasteiger partial charge in [0.25, 0.3) is 0 Å². The summed E-state index contributed by atoms with van der Waals surface area (Å²) in [5, 5.41) is 1.22. The van der Waals surface area contributed by atoms with Crippen molar-refractivity contribution in [3.05, 3.63) is 46.7 Å². The summed E-state index contributed by atoms with van der Waals surface area (Å²) in [5.74, 6) is 0.554. The molecule has 4 rings (SSSR count). The SMILES string of the molecule is CC1=Cc2nc3c([nH]c4ccccc43)c(C)c2C(C)C1. The molecule has 1 aliphatic rings. The lowest BCUT2D eigenvalue weighted by Gasteiger charge is -2.22. The van der Waals surface area contributed by atoms with Crippen molar-refractivity contribution in [3.8, 4) is 0 Å². The number of pyridine rings is 1. The van der Waals surface area contributed by atoms with Crippen molar-refractivity contribution in [1.29, 1.82) is 0 Å². The van der Waals surface area contributed by atoms with Crippen molar-refractivity contribution >= 4 is 28.0 Å². The first-order valence-electron chi connectivity index (χ1n) is 7.23. The molecule has 1 atom stereocenters. The van der Waals surface area contributed by atoms with Gasteiger partial charge in [-0.1, -0.05) is 30.7 Å². The highest BCUT2D eigenvalue weighted by atomic mass is 14.8. The van der Waals surface area contributed by atoms with Gasteiger partial charge in [0.15, 0.2) is 0 Å². The standard InChI is InChI=1S/C18H18N2/c1-10-8-11(2)16-12(3)17-18(20-15(16)9-10)13-6-4-5-7-14(13)19-17/h4-7,9,11,19H,8H2,1-3H3. The van der Waals surface area contributed by atoms with Crippen LogP contribution in [0.2, 0.25) is 0 Å². The van der Waals surface area contributed by atoms with Crippen LogP contribution in [0.4, 0.5) is 0 Å². The van der Waals surface area contributed by atoms with E-state index in [9.17, 15) is 0 Å². The van der Waals surface area contributed by atoms with Crippen LogP contribution < -0.4 is 0 Å². The average molecular weight is 262 g/mol. The van der Waals surface area contributed by atoms with Crippen LogP contribution in [0.1, 0.15) is 43.0 Å². The minimum Gasteiger partial charge on any atom is -0.353 e. The zero-order chi connectivity index (χ0) is 13.9. The Balaban J connectivity index is 2.18. The first kappa shape index (κ1) is 11.7. The second-order valence-electron chi connectivity index (χ2n) is 6.03. The zero-order valence-corrected chi connectivity index (χ0v) is 12.1. The van der Waals surface area contributed by atoms with Crippen LogP contribution in [0.3, 0.4) is 0 Å². The number of aromatic amines is 1. The summed E-state index contributed by atoms with van der Waals surface area (Å²) in [7, 11) is 0. The van der Waals surface area contributed by atoms with E-state index in [0.717, 1.165) is 17.6 Å². The summed E-state index contributed by atoms with van der Waals surface area (Å²) in [6.07, 6.45) is 3.39. The minimum absolute atomic E-state index is 0.554. The first-order chi connectivity index (χ1) is 9.65. The van der Waals surface area contributed by atoms with Gasteiger partial charge >= 0.3 is 0 Å². The van der Waals surface area contributed by atoms with Crippen molar-refractivity contribution in [1.82, 2.24) is 9.97 Å². The van der Waals surface area contributed by atoms with E-state index in [0.29, 0.717) is 5.92 Å². The van der Waals surface area contributed by atoms with E-state index in [1.54, 1.807) is 0 Å². The van der Waals surface area contributed by atoms with E-state index >= 15 is 0 Å². The Kier molecular flexibility index (Phi) is 2.31. The Labute approximate surface area is 118 Å². The predicted octanol–water partition coefficient (Wildman–Crippen LogP) is 4.94. The van der Waals surface area contributed by atoms with Crippen LogP contribution in [0.15, 0.2) is 29.8 Å². The van der Waals surface area contributed by atoms with Gasteiger partial charge in [-0.3, -0.25) is 0 Å². The molecule has 2 nitrogen and oxygen atoms in total. The highest BCUT2D eigenvalue weighted by Crippen LogP contribution is 2.38. The van der Waals surface area contributed by atoms with Gasteiger partial charge in [-0.15, -0.1) is 0 Å². The third-order valence-corrected chi connectivity index (χ3v) is 4.47. The molecule has 100 valence electrons. The Morgan fingerprint density at radius 3 is 2.85 bits per heavy atom. The quantitative estimate of drug-likeness (QED) is 0.611. The highest BCUT2D eigenvalue weighted by Gasteiger charge is 2.22. The molecule has 2 heteroatoms. The van der Waals surface area contributed by atoms with Crippen molar-refractivity contribution in [2.75, 3.05) is 0 Å². The number of benzene rings is 1. The molecule has 1 aromatic carbocycles. The molecule has 3 aromatic rings. The third kappa shape index (κ3) is 1.48. The van der Waals surface area contributed by atoms with Gasteiger partial charge in [-0.25, -0.2) is 4.98 Å². The maximum absolute atomic E-state index is 4.96. The van der Waals surface area contributed by atoms with Crippen LogP contribution >= 0.6 is 0 Å². The number of para-hydroxylation sites is 1. The molecule has 0 fully saturated rings. The summed E-state index contributed by atoms with van der Waals surface area (Å²) < 4.78 is 0. The number of nitrogens with one attached hydrogen (secondary N) is 1. The van der Waals surface area contributed by atoms with Crippen molar-refractivity contribution in [3.63, 3.8) is 0 Å². The molecule has 2 aromatic heterocycles. The molecular formula is C18H18N2. The number of fused-ring (bicyclic) bond motifs is 4. The number of allylic oxidation sites excluding steroid dienone is 1. The average Bonchev–Trinajstić information content (AvgIpc) is 2.77. The van der Waals surface area contributed by atoms with E-state index in [4.69, 9.17) is 4.98 Å². The lowest BCUT2D eigenvalue weighted by atomic mass is 9.84. The number of aryl methyl sites for hydroxylation is 1. The Hall–Kier alpha value is -2.09. The number of nitrogens with zero attached hydrogens (tertiary/aromatic N) is 1. The lowest BCUT2D eigenvalue weighted by Crippen LogP contribution is -2.07. The molecule has 20 heavy (non-hydrogen) atoms. The fourth-order valence-electron chi connectivity index (χ4n) is 3.63. The number of rotatable bonds is 0. The third-order valence-electron chi connectivity index (χ3n) is 4.47. The Morgan fingerprint density at radius 1 is 1.20 bits per heavy atom. The van der Waals surface area contributed by atoms with Crippen LogP contribution in [0, 0.1) is 6.92 Å². The Morgan fingerprint density at radius 2 is 2.00 bits per heavy atom. The predicted molar refractivity (Wildman–Crippen MR) is 85.0 cm³/mol. The van der Waals surface area contributed by atoms with Crippen molar-refractivity contribution < 1.29 is 0 Å². The molecule has 1 unspecified atom stereocenters. The van der Waals surface area contributed by atoms with Crippen LogP contribution in [-0.2, 0) is 0 Å². The molecule has 1 N–H and O–H groups in total. The summed E-state index contributed by atoms with van der Waals surface area (Å²) in [6.45, 7) is 6.73. The van der Waals surface area contributed by atoms with Gasteiger partial charge < -0.3 is 4.98 Å². The normalized spacial score (nSPS) is 18.4. The first-order valence-corrected chi connectivity index (χ1v) is 7.23. The summed E-state index contributed by atoms with van der Waals surface area (Å²) in [4.78, 5) is 8.50. The number of aromatic nitrogens is 2. The second-order valence-corrected chi connectivity index (χ2v) is 6.03. The molecule has 1 aliphatic carbocycles. The van der Waals surface area contributed by atoms with Gasteiger partial charge in [0.1, 0.15) is 0 Å². The van der Waals surface area contributed by atoms with E-state index in [1.807, 2.05) is 0 Å². The largest absolute Gasteiger partial charge is 0.353 e. The lowest BCUT2D eigenvalue weighted by molar-refractivity contribution is 0.732. The molecule has 0 spiro atoms. The maximum Gasteiger partial charge on any atom is 0.0967 e. The topological polar surface area (TPSA) is 28.7 Å². The number of hydrogen-bond acceptors (Lipinski definition) is 1. The van der Waals surface area contributed by atoms with Gasteiger partial charge in [0.2, 0.25) is 0 Å². The maximum atomic E-state index is 4.96. The molecule has 0 amide bonds. The van der Waals surface area contributed by atoms with Crippen LogP contribution in [-0.4, -0.2) is 9.97 Å². The van der Waals surface area contributed by atoms with E-state index in [2.05, 4.69) is 56.1 Å². The fourth-order valence-corrected chi connectivity index (χ4v) is 3.63. The van der Waals surface area contributed by atoms with Crippen LogP contribution in [0.5, 0.6) is 0 Å². The number of hydrogen-bond donors (Lipinski definition) is 1. The smallest absolute Gasteiger partial charge is 0.0967 e. The summed E-state index contributed by atoms with van der Waals surface area (Å²) >= 11 is 0. The van der Waals surface area contributed by atoms with Gasteiger partial charge in [-0.2, -0.15) is 0 Å². The summed E-state index contributed by atoms with van der Waals surface area (Å²) in [5.41, 5.74) is 8.84. The van der Waals surface area contributed by atoms with E-state index < -0.39 is 0 Å². The van der Waals surface area contributed by atoms with Crippen molar-refractivity contribution in [2.45, 2.75) is 33.1 Å². The summed E-state index contributed by atoms with van der Waals surface area (Å²) in [6, 6.07) is 8.42. The van der Waals surface area contributed by atoms with E-state index in [-0.39, 0.29) is 0 Å². The Bertz CT molecular complexity index is 868. The number of H-pyrrole nitrogens is 1. The zero-order valence-electron chi connectivity index (χ0n) is 12.1. The highest BCUT2D eigenvalue weighted by molar-refractivity contribution is 6.06. The molecule has 0 saturated heterocycles. The van der Waals surface area contributed by atoms with Gasteiger partial charge in [0, 0.05) is 10.9 Å². The molecule has 0 aliphatic heterocycles. The van der Waals surface area contributed by atoms with E-state index in [1.165, 1.54) is 33.1 Å².